The Morgan fingerprint density at radius 2 is 1.89 bits per heavy atom. The normalized spacial score (nSPS) is 17.8. The highest BCUT2D eigenvalue weighted by atomic mass is 35.5. The van der Waals surface area contributed by atoms with Gasteiger partial charge in [-0.1, -0.05) is 47.1 Å². The Kier molecular flexibility index (Phi) is 6.76. The van der Waals surface area contributed by atoms with E-state index in [1.165, 1.54) is 0 Å². The number of anilines is 2. The van der Waals surface area contributed by atoms with Crippen LogP contribution >= 0.6 is 11.6 Å². The third-order valence-electron chi connectivity index (χ3n) is 6.51. The lowest BCUT2D eigenvalue weighted by Gasteiger charge is -2.39. The lowest BCUT2D eigenvalue weighted by Crippen LogP contribution is -2.57. The fourth-order valence-corrected chi connectivity index (χ4v) is 4.59. The van der Waals surface area contributed by atoms with E-state index in [9.17, 15) is 9.59 Å². The molecule has 192 valence electrons. The molecule has 37 heavy (non-hydrogen) atoms. The Labute approximate surface area is 217 Å². The van der Waals surface area contributed by atoms with Gasteiger partial charge in [0.05, 0.1) is 12.2 Å². The maximum atomic E-state index is 12.8. The number of halogens is 1. The number of nitrogens with one attached hydrogen (secondary N) is 2. The van der Waals surface area contributed by atoms with Crippen molar-refractivity contribution in [3.63, 3.8) is 0 Å². The largest absolute Gasteiger partial charge is 0.382 e. The van der Waals surface area contributed by atoms with Crippen LogP contribution in [0, 0.1) is 0 Å². The van der Waals surface area contributed by atoms with Crippen LogP contribution < -0.4 is 22.1 Å². The summed E-state index contributed by atoms with van der Waals surface area (Å²) in [6.07, 6.45) is 2.13. The number of aliphatic imine (C=N–C) groups is 1. The van der Waals surface area contributed by atoms with Crippen LogP contribution in [0.5, 0.6) is 0 Å². The molecule has 2 amide bonds. The standard InChI is InChI=1S/C24H26ClN9O3/c25-20-22(27)31-21(26)19(30-20)23(36)29-17-13-28-24(32-17)8-10-34(11-9-24)18(35)7-6-15-12-16(33-37-15)14-4-2-1-3-5-14/h1-5,12,28H,6-11,13H2,(H4,26,27,31)(H,29,32,36). The first-order valence-electron chi connectivity index (χ1n) is 11.8. The first-order chi connectivity index (χ1) is 17.8. The molecule has 6 N–H and O–H groups in total. The molecule has 13 heteroatoms. The molecule has 0 bridgehead atoms. The monoisotopic (exact) mass is 523 g/mol. The predicted octanol–water partition coefficient (Wildman–Crippen LogP) is 1.63. The molecule has 3 aromatic rings. The van der Waals surface area contributed by atoms with Gasteiger partial charge in [-0.15, -0.1) is 0 Å². The highest BCUT2D eigenvalue weighted by Crippen LogP contribution is 2.25. The van der Waals surface area contributed by atoms with Crippen LogP contribution in [0.1, 0.15) is 35.5 Å². The van der Waals surface area contributed by atoms with E-state index in [0.717, 1.165) is 11.3 Å². The number of likely N-dealkylation sites (tertiary alicyclic amines) is 1. The highest BCUT2D eigenvalue weighted by molar-refractivity contribution is 6.31. The number of rotatable bonds is 5. The van der Waals surface area contributed by atoms with E-state index < -0.39 is 11.6 Å². The molecular weight excluding hydrogens is 498 g/mol. The lowest BCUT2D eigenvalue weighted by molar-refractivity contribution is -0.133. The van der Waals surface area contributed by atoms with Crippen molar-refractivity contribution in [1.82, 2.24) is 30.7 Å². The summed E-state index contributed by atoms with van der Waals surface area (Å²) in [5.41, 5.74) is 12.4. The molecule has 0 saturated carbocycles. The molecule has 1 aromatic carbocycles. The van der Waals surface area contributed by atoms with Crippen LogP contribution in [0.3, 0.4) is 0 Å². The van der Waals surface area contributed by atoms with Crippen molar-refractivity contribution in [2.75, 3.05) is 31.1 Å². The number of nitrogen functional groups attached to an aromatic ring is 2. The number of nitrogens with two attached hydrogens (primary N) is 2. The summed E-state index contributed by atoms with van der Waals surface area (Å²) in [7, 11) is 0. The molecule has 2 fully saturated rings. The van der Waals surface area contributed by atoms with Crippen molar-refractivity contribution in [1.29, 1.82) is 0 Å². The highest BCUT2D eigenvalue weighted by Gasteiger charge is 2.40. The van der Waals surface area contributed by atoms with E-state index in [1.807, 2.05) is 41.3 Å². The Bertz CT molecular complexity index is 1350. The number of aryl methyl sites for hydroxylation is 1. The zero-order valence-electron chi connectivity index (χ0n) is 19.9. The Balaban J connectivity index is 1.13. The van der Waals surface area contributed by atoms with Gasteiger partial charge in [-0.3, -0.25) is 14.9 Å². The van der Waals surface area contributed by atoms with E-state index in [2.05, 4.69) is 30.8 Å². The van der Waals surface area contributed by atoms with Gasteiger partial charge in [0.2, 0.25) is 5.91 Å². The number of amidine groups is 1. The smallest absolute Gasteiger partial charge is 0.301 e. The first-order valence-corrected chi connectivity index (χ1v) is 12.2. The number of amides is 2. The van der Waals surface area contributed by atoms with Crippen LogP contribution in [-0.4, -0.2) is 63.0 Å². The van der Waals surface area contributed by atoms with E-state index in [0.29, 0.717) is 56.9 Å². The summed E-state index contributed by atoms with van der Waals surface area (Å²) in [6.45, 7) is 1.50. The lowest BCUT2D eigenvalue weighted by atomic mass is 9.97. The zero-order chi connectivity index (χ0) is 26.0. The topological polar surface area (TPSA) is 178 Å². The maximum Gasteiger partial charge on any atom is 0.301 e. The van der Waals surface area contributed by atoms with E-state index >= 15 is 0 Å². The number of hydrogen-bond donors (Lipinski definition) is 4. The van der Waals surface area contributed by atoms with Gasteiger partial charge in [0.15, 0.2) is 22.5 Å². The summed E-state index contributed by atoms with van der Waals surface area (Å²) in [4.78, 5) is 39.0. The average Bonchev–Trinajstić information content (AvgIpc) is 3.53. The van der Waals surface area contributed by atoms with Crippen molar-refractivity contribution in [2.24, 2.45) is 4.99 Å². The third kappa shape index (κ3) is 5.39. The van der Waals surface area contributed by atoms with Crippen LogP contribution in [0.15, 0.2) is 45.9 Å². The minimum Gasteiger partial charge on any atom is -0.382 e. The van der Waals surface area contributed by atoms with Crippen molar-refractivity contribution in [3.05, 3.63) is 53.0 Å². The second-order valence-corrected chi connectivity index (χ2v) is 9.34. The van der Waals surface area contributed by atoms with Gasteiger partial charge in [-0.25, -0.2) is 9.97 Å². The van der Waals surface area contributed by atoms with Crippen molar-refractivity contribution in [3.8, 4) is 11.3 Å². The number of piperidine rings is 1. The minimum atomic E-state index is -0.663. The van der Waals surface area contributed by atoms with Gasteiger partial charge >= 0.3 is 5.91 Å². The molecule has 12 nitrogen and oxygen atoms in total. The van der Waals surface area contributed by atoms with Crippen molar-refractivity contribution in [2.45, 2.75) is 31.3 Å². The van der Waals surface area contributed by atoms with Crippen LogP contribution in [0.2, 0.25) is 5.15 Å². The van der Waals surface area contributed by atoms with Gasteiger partial charge in [-0.2, -0.15) is 4.99 Å². The molecule has 2 aromatic heterocycles. The molecule has 5 rings (SSSR count). The molecular formula is C24H26ClN9O3. The number of nitrogens with zero attached hydrogens (tertiary/aromatic N) is 5. The van der Waals surface area contributed by atoms with Crippen LogP contribution in [-0.2, 0) is 11.2 Å². The molecule has 0 radical (unpaired) electrons. The number of benzene rings is 1. The fraction of sp³-hybridized carbons (Fsp3) is 0.333. The van der Waals surface area contributed by atoms with Crippen molar-refractivity contribution >= 4 is 40.9 Å². The summed E-state index contributed by atoms with van der Waals surface area (Å²) in [6, 6.07) is 11.6. The summed E-state index contributed by atoms with van der Waals surface area (Å²) in [5, 5.41) is 10.7. The average molecular weight is 524 g/mol. The Morgan fingerprint density at radius 1 is 1.14 bits per heavy atom. The molecule has 0 aliphatic carbocycles. The quantitative estimate of drug-likeness (QED) is 0.384. The number of hydrogen-bond acceptors (Lipinski definition) is 9. The van der Waals surface area contributed by atoms with Gasteiger partial charge in [-0.05, 0) is 0 Å². The van der Waals surface area contributed by atoms with Gasteiger partial charge in [0.1, 0.15) is 17.3 Å². The molecule has 1 spiro atoms. The van der Waals surface area contributed by atoms with Crippen molar-refractivity contribution < 1.29 is 14.1 Å². The predicted molar refractivity (Wildman–Crippen MR) is 138 cm³/mol. The third-order valence-corrected chi connectivity index (χ3v) is 6.78. The molecule has 2 aliphatic heterocycles. The molecule has 2 saturated heterocycles. The fourth-order valence-electron chi connectivity index (χ4n) is 4.46. The number of carbonyl (C=O) groups excluding carboxylic acids is 2. The van der Waals surface area contributed by atoms with Crippen LogP contribution in [0.4, 0.5) is 11.6 Å². The summed E-state index contributed by atoms with van der Waals surface area (Å²) >= 11 is 5.86. The van der Waals surface area contributed by atoms with Gasteiger partial charge < -0.3 is 26.2 Å². The zero-order valence-corrected chi connectivity index (χ0v) is 20.7. The minimum absolute atomic E-state index is 0.0537. The summed E-state index contributed by atoms with van der Waals surface area (Å²) in [5.74, 6) is 0.344. The van der Waals surface area contributed by atoms with Crippen LogP contribution in [0.25, 0.3) is 11.3 Å². The maximum absolute atomic E-state index is 12.8. The number of aromatic nitrogens is 3. The molecule has 0 atom stereocenters. The molecule has 0 unspecified atom stereocenters. The molecule has 2 aliphatic rings. The van der Waals surface area contributed by atoms with Gasteiger partial charge in [0.25, 0.3) is 0 Å². The Hall–Kier alpha value is -4.03. The second kappa shape index (κ2) is 10.1. The first kappa shape index (κ1) is 24.7. The summed E-state index contributed by atoms with van der Waals surface area (Å²) < 4.78 is 5.42. The van der Waals surface area contributed by atoms with E-state index in [4.69, 9.17) is 27.6 Å². The SMILES string of the molecule is Nc1nc(N)c(C(=O)/N=C2\CNC3(CCN(C(=O)CCc4cc(-c5ccccc5)no4)CC3)N2)nc1Cl. The molecule has 4 heterocycles. The van der Waals surface area contributed by atoms with E-state index in [1.54, 1.807) is 0 Å². The number of carbonyl (C=O) groups is 2. The van der Waals surface area contributed by atoms with Gasteiger partial charge in [0, 0.05) is 50.4 Å². The van der Waals surface area contributed by atoms with E-state index in [-0.39, 0.29) is 28.4 Å². The Morgan fingerprint density at radius 3 is 2.65 bits per heavy atom. The second-order valence-electron chi connectivity index (χ2n) is 8.98.